The molecule has 1 aliphatic rings. The van der Waals surface area contributed by atoms with Crippen molar-refractivity contribution >= 4 is 17.5 Å². The lowest BCUT2D eigenvalue weighted by Gasteiger charge is -2.27. The smallest absolute Gasteiger partial charge is 0.220 e. The Bertz CT molecular complexity index is 379. The molecule has 2 rings (SSSR count). The van der Waals surface area contributed by atoms with Gasteiger partial charge >= 0.3 is 0 Å². The highest BCUT2D eigenvalue weighted by molar-refractivity contribution is 6.21. The Labute approximate surface area is 114 Å². The number of hydrogen-bond acceptors (Lipinski definition) is 1. The van der Waals surface area contributed by atoms with Crippen molar-refractivity contribution in [1.29, 1.82) is 0 Å². The maximum Gasteiger partial charge on any atom is 0.220 e. The van der Waals surface area contributed by atoms with Crippen LogP contribution in [0.3, 0.4) is 0 Å². The molecule has 0 bridgehead atoms. The van der Waals surface area contributed by atoms with Crippen LogP contribution in [-0.2, 0) is 11.2 Å². The molecule has 0 saturated heterocycles. The number of benzene rings is 1. The molecule has 2 atom stereocenters. The summed E-state index contributed by atoms with van der Waals surface area (Å²) in [5.41, 5.74) is 1.21. The predicted octanol–water partition coefficient (Wildman–Crippen LogP) is 3.29. The molecular weight excluding hydrogens is 246 g/mol. The first kappa shape index (κ1) is 13.4. The summed E-state index contributed by atoms with van der Waals surface area (Å²) in [4.78, 5) is 11.9. The van der Waals surface area contributed by atoms with E-state index in [1.807, 2.05) is 18.2 Å². The first-order valence-electron chi connectivity index (χ1n) is 6.73. The number of alkyl halides is 1. The minimum Gasteiger partial charge on any atom is -0.352 e. The Balaban J connectivity index is 1.75. The van der Waals surface area contributed by atoms with Gasteiger partial charge in [-0.25, -0.2) is 0 Å². The molecule has 2 unspecified atom stereocenters. The van der Waals surface area contributed by atoms with E-state index in [0.717, 1.165) is 19.3 Å². The van der Waals surface area contributed by atoms with Gasteiger partial charge in [-0.15, -0.1) is 11.6 Å². The van der Waals surface area contributed by atoms with Gasteiger partial charge in [0.25, 0.3) is 0 Å². The maximum absolute atomic E-state index is 11.9. The van der Waals surface area contributed by atoms with Gasteiger partial charge in [0.15, 0.2) is 0 Å². The van der Waals surface area contributed by atoms with Crippen molar-refractivity contribution in [2.75, 3.05) is 0 Å². The van der Waals surface area contributed by atoms with E-state index in [-0.39, 0.29) is 17.3 Å². The average molecular weight is 266 g/mol. The Morgan fingerprint density at radius 1 is 1.22 bits per heavy atom. The van der Waals surface area contributed by atoms with Crippen molar-refractivity contribution < 1.29 is 4.79 Å². The third-order valence-electron chi connectivity index (χ3n) is 3.51. The SMILES string of the molecule is O=C(CCc1ccccc1)NC1CCCCC1Cl. The summed E-state index contributed by atoms with van der Waals surface area (Å²) in [7, 11) is 0. The van der Waals surface area contributed by atoms with Crippen LogP contribution in [0.4, 0.5) is 0 Å². The van der Waals surface area contributed by atoms with Crippen LogP contribution in [0.5, 0.6) is 0 Å². The van der Waals surface area contributed by atoms with Gasteiger partial charge in [0.2, 0.25) is 5.91 Å². The largest absolute Gasteiger partial charge is 0.352 e. The number of carbonyl (C=O) groups excluding carboxylic acids is 1. The van der Waals surface area contributed by atoms with Crippen molar-refractivity contribution in [3.05, 3.63) is 35.9 Å². The van der Waals surface area contributed by atoms with Gasteiger partial charge in [-0.05, 0) is 24.8 Å². The van der Waals surface area contributed by atoms with Crippen LogP contribution in [0.2, 0.25) is 0 Å². The quantitative estimate of drug-likeness (QED) is 0.832. The average Bonchev–Trinajstić information content (AvgIpc) is 2.40. The lowest BCUT2D eigenvalue weighted by molar-refractivity contribution is -0.121. The third kappa shape index (κ3) is 4.02. The highest BCUT2D eigenvalue weighted by atomic mass is 35.5. The Kier molecular flexibility index (Phi) is 5.06. The Morgan fingerprint density at radius 3 is 2.67 bits per heavy atom. The minimum absolute atomic E-state index is 0.111. The normalized spacial score (nSPS) is 23.6. The Hall–Kier alpha value is -1.02. The van der Waals surface area contributed by atoms with E-state index in [4.69, 9.17) is 11.6 Å². The molecule has 0 radical (unpaired) electrons. The number of rotatable bonds is 4. The number of carbonyl (C=O) groups is 1. The fraction of sp³-hybridized carbons (Fsp3) is 0.533. The Morgan fingerprint density at radius 2 is 1.94 bits per heavy atom. The zero-order chi connectivity index (χ0) is 12.8. The lowest BCUT2D eigenvalue weighted by Crippen LogP contribution is -2.42. The van der Waals surface area contributed by atoms with E-state index in [2.05, 4.69) is 17.4 Å². The lowest BCUT2D eigenvalue weighted by atomic mass is 9.94. The summed E-state index contributed by atoms with van der Waals surface area (Å²) in [5.74, 6) is 0.122. The highest BCUT2D eigenvalue weighted by Crippen LogP contribution is 2.23. The molecule has 1 amide bonds. The molecule has 1 aromatic rings. The second kappa shape index (κ2) is 6.79. The van der Waals surface area contributed by atoms with Crippen LogP contribution in [-0.4, -0.2) is 17.3 Å². The van der Waals surface area contributed by atoms with E-state index < -0.39 is 0 Å². The van der Waals surface area contributed by atoms with Crippen LogP contribution in [0, 0.1) is 0 Å². The molecule has 1 saturated carbocycles. The molecular formula is C15H20ClNO. The van der Waals surface area contributed by atoms with Crippen molar-refractivity contribution in [3.63, 3.8) is 0 Å². The molecule has 1 aliphatic carbocycles. The zero-order valence-corrected chi connectivity index (χ0v) is 11.3. The zero-order valence-electron chi connectivity index (χ0n) is 10.6. The van der Waals surface area contributed by atoms with Crippen molar-refractivity contribution in [1.82, 2.24) is 5.32 Å². The van der Waals surface area contributed by atoms with Crippen LogP contribution >= 0.6 is 11.6 Å². The van der Waals surface area contributed by atoms with E-state index in [1.165, 1.54) is 18.4 Å². The fourth-order valence-corrected chi connectivity index (χ4v) is 2.77. The maximum atomic E-state index is 11.9. The number of nitrogens with one attached hydrogen (secondary N) is 1. The molecule has 18 heavy (non-hydrogen) atoms. The van der Waals surface area contributed by atoms with E-state index in [1.54, 1.807) is 0 Å². The molecule has 0 aromatic heterocycles. The summed E-state index contributed by atoms with van der Waals surface area (Å²) in [6.07, 6.45) is 5.74. The molecule has 2 nitrogen and oxygen atoms in total. The molecule has 98 valence electrons. The summed E-state index contributed by atoms with van der Waals surface area (Å²) in [6.45, 7) is 0. The highest BCUT2D eigenvalue weighted by Gasteiger charge is 2.24. The minimum atomic E-state index is 0.111. The summed E-state index contributed by atoms with van der Waals surface area (Å²) < 4.78 is 0. The number of aryl methyl sites for hydroxylation is 1. The van der Waals surface area contributed by atoms with Gasteiger partial charge in [-0.2, -0.15) is 0 Å². The van der Waals surface area contributed by atoms with E-state index in [9.17, 15) is 4.79 Å². The van der Waals surface area contributed by atoms with Crippen molar-refractivity contribution in [3.8, 4) is 0 Å². The predicted molar refractivity (Wildman–Crippen MR) is 74.8 cm³/mol. The molecule has 1 aromatic carbocycles. The van der Waals surface area contributed by atoms with Gasteiger partial charge in [-0.1, -0.05) is 43.2 Å². The fourth-order valence-electron chi connectivity index (χ4n) is 2.43. The molecule has 0 spiro atoms. The van der Waals surface area contributed by atoms with Gasteiger partial charge < -0.3 is 5.32 Å². The third-order valence-corrected chi connectivity index (χ3v) is 4.03. The van der Waals surface area contributed by atoms with Crippen LogP contribution in [0.15, 0.2) is 30.3 Å². The first-order valence-corrected chi connectivity index (χ1v) is 7.17. The van der Waals surface area contributed by atoms with Gasteiger partial charge in [-0.3, -0.25) is 4.79 Å². The topological polar surface area (TPSA) is 29.1 Å². The van der Waals surface area contributed by atoms with Gasteiger partial charge in [0.1, 0.15) is 0 Å². The van der Waals surface area contributed by atoms with Crippen LogP contribution < -0.4 is 5.32 Å². The second-order valence-corrected chi connectivity index (χ2v) is 5.52. The molecule has 0 aliphatic heterocycles. The van der Waals surface area contributed by atoms with E-state index in [0.29, 0.717) is 6.42 Å². The molecule has 1 fully saturated rings. The van der Waals surface area contributed by atoms with Gasteiger partial charge in [0, 0.05) is 12.5 Å². The van der Waals surface area contributed by atoms with Crippen molar-refractivity contribution in [2.24, 2.45) is 0 Å². The first-order chi connectivity index (χ1) is 8.75. The standard InChI is InChI=1S/C15H20ClNO/c16-13-8-4-5-9-14(13)17-15(18)11-10-12-6-2-1-3-7-12/h1-3,6-7,13-14H,4-5,8-11H2,(H,17,18). The number of hydrogen-bond donors (Lipinski definition) is 1. The molecule has 1 N–H and O–H groups in total. The van der Waals surface area contributed by atoms with Crippen molar-refractivity contribution in [2.45, 2.75) is 49.9 Å². The summed E-state index contributed by atoms with van der Waals surface area (Å²) in [6, 6.07) is 10.3. The summed E-state index contributed by atoms with van der Waals surface area (Å²) >= 11 is 6.23. The summed E-state index contributed by atoms with van der Waals surface area (Å²) in [5, 5.41) is 3.18. The van der Waals surface area contributed by atoms with E-state index >= 15 is 0 Å². The van der Waals surface area contributed by atoms with Gasteiger partial charge in [0.05, 0.1) is 5.38 Å². The number of amides is 1. The number of halogens is 1. The van der Waals surface area contributed by atoms with Crippen LogP contribution in [0.25, 0.3) is 0 Å². The second-order valence-electron chi connectivity index (χ2n) is 4.96. The van der Waals surface area contributed by atoms with Crippen LogP contribution in [0.1, 0.15) is 37.7 Å². The molecule has 3 heteroatoms. The monoisotopic (exact) mass is 265 g/mol. The molecule has 0 heterocycles.